The molecule has 2 rings (SSSR count). The second kappa shape index (κ2) is 6.11. The van der Waals surface area contributed by atoms with Crippen LogP contribution in [0, 0.1) is 0 Å². The van der Waals surface area contributed by atoms with Crippen LogP contribution in [0.25, 0.3) is 5.69 Å². The van der Waals surface area contributed by atoms with E-state index < -0.39 is 15.7 Å². The van der Waals surface area contributed by atoms with Gasteiger partial charge in [0.15, 0.2) is 15.3 Å². The Labute approximate surface area is 127 Å². The number of nitrogens with zero attached hydrogens (tertiary/aromatic N) is 1. The lowest BCUT2D eigenvalue weighted by molar-refractivity contribution is 0.1000. The van der Waals surface area contributed by atoms with E-state index >= 15 is 0 Å². The number of carbonyl (C=O) groups is 1. The Bertz CT molecular complexity index is 823. The summed E-state index contributed by atoms with van der Waals surface area (Å²) in [6.07, 6.45) is 4.00. The number of primary amides is 1. The molecule has 0 unspecified atom stereocenters. The zero-order valence-corrected chi connectivity index (χ0v) is 12.6. The third-order valence-corrected chi connectivity index (χ3v) is 3.85. The summed E-state index contributed by atoms with van der Waals surface area (Å²) < 4.78 is 24.5. The molecule has 2 aromatic rings. The number of pyridine rings is 1. The Morgan fingerprint density at radius 2 is 1.71 bits per heavy atom. The Morgan fingerprint density at radius 3 is 2.19 bits per heavy atom. The van der Waals surface area contributed by atoms with Gasteiger partial charge in [-0.15, -0.1) is 12.4 Å². The van der Waals surface area contributed by atoms with Crippen molar-refractivity contribution in [1.29, 1.82) is 0 Å². The summed E-state index contributed by atoms with van der Waals surface area (Å²) >= 11 is 0. The number of carbonyl (C=O) groups excluding carboxylic acids is 1. The van der Waals surface area contributed by atoms with E-state index in [1.54, 1.807) is 0 Å². The molecule has 1 aromatic heterocycles. The standard InChI is InChI=1S/C13H12N2O4S.ClH/c1-20(18,19)10-2-3-12(11(8-10)13(14)17)15-6-4-9(16)5-7-15;/h2-8H,1H3,(H2,14,17);1H. The Hall–Kier alpha value is -2.12. The molecule has 1 aromatic carbocycles. The van der Waals surface area contributed by atoms with Gasteiger partial charge in [0.2, 0.25) is 0 Å². The fourth-order valence-electron chi connectivity index (χ4n) is 1.74. The molecule has 6 nitrogen and oxygen atoms in total. The van der Waals surface area contributed by atoms with E-state index in [1.807, 2.05) is 0 Å². The van der Waals surface area contributed by atoms with E-state index in [4.69, 9.17) is 5.73 Å². The minimum absolute atomic E-state index is 0. The van der Waals surface area contributed by atoms with Crippen LogP contribution >= 0.6 is 12.4 Å². The average Bonchev–Trinajstić information content (AvgIpc) is 2.38. The van der Waals surface area contributed by atoms with Crippen LogP contribution in [-0.4, -0.2) is 25.1 Å². The van der Waals surface area contributed by atoms with Crippen molar-refractivity contribution in [3.63, 3.8) is 0 Å². The Balaban J connectivity index is 0.00000220. The molecule has 8 heteroatoms. The topological polar surface area (TPSA) is 99.2 Å². The number of aromatic nitrogens is 1. The first kappa shape index (κ1) is 16.9. The largest absolute Gasteiger partial charge is 0.366 e. The third kappa shape index (κ3) is 3.71. The predicted octanol–water partition coefficient (Wildman–Crippen LogP) is 0.762. The second-order valence-corrected chi connectivity index (χ2v) is 6.27. The summed E-state index contributed by atoms with van der Waals surface area (Å²) in [4.78, 5) is 22.6. The van der Waals surface area contributed by atoms with Crippen molar-refractivity contribution in [2.24, 2.45) is 5.73 Å². The van der Waals surface area contributed by atoms with Crippen LogP contribution in [0.5, 0.6) is 0 Å². The lowest BCUT2D eigenvalue weighted by Crippen LogP contribution is -2.16. The molecule has 0 radical (unpaired) electrons. The maximum atomic E-state index is 11.5. The molecule has 0 saturated carbocycles. The van der Waals surface area contributed by atoms with E-state index in [-0.39, 0.29) is 28.3 Å². The summed E-state index contributed by atoms with van der Waals surface area (Å²) in [5.41, 5.74) is 5.59. The number of amides is 1. The number of nitrogens with two attached hydrogens (primary N) is 1. The molecular weight excluding hydrogens is 316 g/mol. The summed E-state index contributed by atoms with van der Waals surface area (Å²) in [6.45, 7) is 0. The van der Waals surface area contributed by atoms with Crippen LogP contribution in [0.1, 0.15) is 10.4 Å². The maximum Gasteiger partial charge on any atom is 0.250 e. The monoisotopic (exact) mass is 328 g/mol. The zero-order valence-electron chi connectivity index (χ0n) is 11.0. The van der Waals surface area contributed by atoms with Gasteiger partial charge in [0.1, 0.15) is 0 Å². The molecule has 0 atom stereocenters. The van der Waals surface area contributed by atoms with Gasteiger partial charge in [-0.05, 0) is 18.2 Å². The lowest BCUT2D eigenvalue weighted by atomic mass is 10.1. The van der Waals surface area contributed by atoms with Crippen molar-refractivity contribution in [3.05, 3.63) is 58.5 Å². The van der Waals surface area contributed by atoms with Crippen molar-refractivity contribution < 1.29 is 13.2 Å². The number of hydrogen-bond acceptors (Lipinski definition) is 4. The lowest BCUT2D eigenvalue weighted by Gasteiger charge is -2.11. The Morgan fingerprint density at radius 1 is 1.14 bits per heavy atom. The number of halogens is 1. The summed E-state index contributed by atoms with van der Waals surface area (Å²) in [6, 6.07) is 6.74. The number of sulfone groups is 1. The maximum absolute atomic E-state index is 11.5. The van der Waals surface area contributed by atoms with Crippen molar-refractivity contribution in [3.8, 4) is 5.69 Å². The minimum atomic E-state index is -3.43. The molecule has 1 heterocycles. The first-order valence-corrected chi connectivity index (χ1v) is 7.51. The van der Waals surface area contributed by atoms with E-state index in [9.17, 15) is 18.0 Å². The molecule has 0 bridgehead atoms. The van der Waals surface area contributed by atoms with E-state index in [0.717, 1.165) is 6.26 Å². The van der Waals surface area contributed by atoms with Crippen LogP contribution < -0.4 is 11.2 Å². The highest BCUT2D eigenvalue weighted by Gasteiger charge is 2.15. The average molecular weight is 329 g/mol. The van der Waals surface area contributed by atoms with Crippen LogP contribution in [-0.2, 0) is 9.84 Å². The fraction of sp³-hybridized carbons (Fsp3) is 0.0769. The van der Waals surface area contributed by atoms with Crippen LogP contribution in [0.15, 0.2) is 52.4 Å². The molecule has 0 aliphatic heterocycles. The van der Waals surface area contributed by atoms with E-state index in [0.29, 0.717) is 5.69 Å². The molecule has 0 aliphatic carbocycles. The van der Waals surface area contributed by atoms with E-state index in [1.165, 1.54) is 47.3 Å². The van der Waals surface area contributed by atoms with Crippen molar-refractivity contribution in [1.82, 2.24) is 4.57 Å². The molecule has 0 saturated heterocycles. The van der Waals surface area contributed by atoms with E-state index in [2.05, 4.69) is 0 Å². The molecule has 2 N–H and O–H groups in total. The molecule has 0 spiro atoms. The van der Waals surface area contributed by atoms with Crippen LogP contribution in [0.4, 0.5) is 0 Å². The van der Waals surface area contributed by atoms with Gasteiger partial charge in [0.05, 0.1) is 16.1 Å². The zero-order chi connectivity index (χ0) is 14.9. The van der Waals surface area contributed by atoms with Gasteiger partial charge in [-0.1, -0.05) is 0 Å². The molecule has 21 heavy (non-hydrogen) atoms. The van der Waals surface area contributed by atoms with Crippen LogP contribution in [0.3, 0.4) is 0 Å². The second-order valence-electron chi connectivity index (χ2n) is 4.26. The SMILES string of the molecule is CS(=O)(=O)c1ccc(-n2ccc(=O)cc2)c(C(N)=O)c1.Cl. The smallest absolute Gasteiger partial charge is 0.250 e. The molecule has 112 valence electrons. The summed E-state index contributed by atoms with van der Waals surface area (Å²) in [7, 11) is -3.43. The van der Waals surface area contributed by atoms with Crippen molar-refractivity contribution in [2.45, 2.75) is 4.90 Å². The molecular formula is C13H13ClN2O4S. The minimum Gasteiger partial charge on any atom is -0.366 e. The summed E-state index contributed by atoms with van der Waals surface area (Å²) in [5.74, 6) is -0.746. The number of benzene rings is 1. The normalized spacial score (nSPS) is 10.7. The first-order valence-electron chi connectivity index (χ1n) is 5.61. The van der Waals surface area contributed by atoms with Crippen LogP contribution in [0.2, 0.25) is 0 Å². The van der Waals surface area contributed by atoms with Gasteiger partial charge in [-0.2, -0.15) is 0 Å². The fourth-order valence-corrected chi connectivity index (χ4v) is 2.39. The molecule has 0 fully saturated rings. The highest BCUT2D eigenvalue weighted by molar-refractivity contribution is 7.90. The highest BCUT2D eigenvalue weighted by atomic mass is 35.5. The quantitative estimate of drug-likeness (QED) is 0.899. The molecule has 0 aliphatic rings. The van der Waals surface area contributed by atoms with Crippen molar-refractivity contribution in [2.75, 3.05) is 6.26 Å². The predicted molar refractivity (Wildman–Crippen MR) is 80.9 cm³/mol. The van der Waals surface area contributed by atoms with Gasteiger partial charge in [-0.25, -0.2) is 8.42 Å². The number of rotatable bonds is 3. The third-order valence-electron chi connectivity index (χ3n) is 2.74. The number of hydrogen-bond donors (Lipinski definition) is 1. The van der Waals surface area contributed by atoms with Gasteiger partial charge in [0, 0.05) is 30.8 Å². The summed E-state index contributed by atoms with van der Waals surface area (Å²) in [5, 5.41) is 0. The van der Waals surface area contributed by atoms with Gasteiger partial charge < -0.3 is 10.3 Å². The van der Waals surface area contributed by atoms with Gasteiger partial charge in [-0.3, -0.25) is 9.59 Å². The van der Waals surface area contributed by atoms with Gasteiger partial charge >= 0.3 is 0 Å². The van der Waals surface area contributed by atoms with Crippen molar-refractivity contribution >= 4 is 28.2 Å². The highest BCUT2D eigenvalue weighted by Crippen LogP contribution is 2.19. The Kier molecular flexibility index (Phi) is 4.93. The molecule has 1 amide bonds. The van der Waals surface area contributed by atoms with Gasteiger partial charge in [0.25, 0.3) is 5.91 Å². The first-order chi connectivity index (χ1) is 9.29.